The van der Waals surface area contributed by atoms with Crippen molar-refractivity contribution in [2.45, 2.75) is 0 Å². The number of para-hydroxylation sites is 2. The van der Waals surface area contributed by atoms with Crippen LogP contribution in [0.15, 0.2) is 224 Å². The Morgan fingerprint density at radius 2 is 0.597 bits per heavy atom. The minimum Gasteiger partial charge on any atom is -0.307 e. The Hall–Kier alpha value is -8.41. The number of benzene rings is 9. The van der Waals surface area contributed by atoms with E-state index in [1.54, 1.807) is 0 Å². The average molecular weight is 792 g/mol. The van der Waals surface area contributed by atoms with Crippen molar-refractivity contribution in [1.29, 1.82) is 0 Å². The topological polar surface area (TPSA) is 48.5 Å². The minimum atomic E-state index is 0.626. The predicted octanol–water partition coefficient (Wildman–Crippen LogP) is 14.4. The smallest absolute Gasteiger partial charge is 0.164 e. The molecule has 5 heteroatoms. The second-order valence-corrected chi connectivity index (χ2v) is 15.6. The van der Waals surface area contributed by atoms with Crippen LogP contribution in [-0.4, -0.2) is 24.1 Å². The molecule has 0 atom stereocenters. The quantitative estimate of drug-likeness (QED) is 0.162. The zero-order chi connectivity index (χ0) is 41.0. The molecule has 12 rings (SSSR count). The molecule has 5 nitrogen and oxygen atoms in total. The lowest BCUT2D eigenvalue weighted by Crippen LogP contribution is -2.01. The van der Waals surface area contributed by atoms with Gasteiger partial charge < -0.3 is 9.13 Å². The third kappa shape index (κ3) is 5.98. The van der Waals surface area contributed by atoms with Crippen molar-refractivity contribution in [3.05, 3.63) is 224 Å². The van der Waals surface area contributed by atoms with Crippen molar-refractivity contribution < 1.29 is 0 Å². The Kier molecular flexibility index (Phi) is 8.42. The molecule has 0 unspecified atom stereocenters. The number of hydrogen-bond donors (Lipinski definition) is 0. The maximum atomic E-state index is 5.03. The van der Waals surface area contributed by atoms with Gasteiger partial charge in [0.1, 0.15) is 0 Å². The summed E-state index contributed by atoms with van der Waals surface area (Å²) >= 11 is 0. The molecule has 290 valence electrons. The Bertz CT molecular complexity index is 3480. The lowest BCUT2D eigenvalue weighted by atomic mass is 9.98. The first kappa shape index (κ1) is 35.5. The van der Waals surface area contributed by atoms with Crippen molar-refractivity contribution in [1.82, 2.24) is 24.1 Å². The van der Waals surface area contributed by atoms with Crippen LogP contribution in [-0.2, 0) is 0 Å². The molecule has 0 bridgehead atoms. The van der Waals surface area contributed by atoms with Crippen molar-refractivity contribution >= 4 is 43.6 Å². The molecule has 62 heavy (non-hydrogen) atoms. The van der Waals surface area contributed by atoms with Gasteiger partial charge in [-0.2, -0.15) is 0 Å². The maximum absolute atomic E-state index is 5.03. The molecule has 0 saturated heterocycles. The summed E-state index contributed by atoms with van der Waals surface area (Å²) in [5.41, 5.74) is 14.3. The summed E-state index contributed by atoms with van der Waals surface area (Å²) < 4.78 is 4.92. The summed E-state index contributed by atoms with van der Waals surface area (Å²) in [7, 11) is 0. The van der Waals surface area contributed by atoms with Crippen molar-refractivity contribution in [3.63, 3.8) is 0 Å². The molecule has 0 N–H and O–H groups in total. The van der Waals surface area contributed by atoms with Crippen molar-refractivity contribution in [2.75, 3.05) is 0 Å². The molecule has 0 fully saturated rings. The summed E-state index contributed by atoms with van der Waals surface area (Å²) in [5.74, 6) is 1.91. The zero-order valence-electron chi connectivity index (χ0n) is 33.6. The maximum Gasteiger partial charge on any atom is 0.164 e. The van der Waals surface area contributed by atoms with E-state index in [2.05, 4.69) is 173 Å². The Labute approximate surface area is 358 Å². The zero-order valence-corrected chi connectivity index (χ0v) is 33.6. The van der Waals surface area contributed by atoms with E-state index < -0.39 is 0 Å². The minimum absolute atomic E-state index is 0.626. The number of hydrogen-bond acceptors (Lipinski definition) is 3. The van der Waals surface area contributed by atoms with E-state index in [1.165, 1.54) is 43.8 Å². The standard InChI is InChI=1S/C57H37N5/c1-5-17-38(18-6-1)43-35-44(39-19-7-2-8-20-39)37-46(36-43)62-52-28-16-14-26-48(52)50-34-33-49-47-25-13-15-27-51(47)61(53(49)54(50)62)45-31-29-42(30-32-45)57-59-55(40-21-9-3-10-22-40)58-56(60-57)41-23-11-4-12-24-41/h1-37H. The lowest BCUT2D eigenvalue weighted by Gasteiger charge is -2.16. The summed E-state index contributed by atoms with van der Waals surface area (Å²) in [5, 5.41) is 4.81. The van der Waals surface area contributed by atoms with Gasteiger partial charge >= 0.3 is 0 Å². The Morgan fingerprint density at radius 3 is 1.03 bits per heavy atom. The van der Waals surface area contributed by atoms with Crippen LogP contribution in [0.2, 0.25) is 0 Å². The van der Waals surface area contributed by atoms with Crippen LogP contribution in [0.5, 0.6) is 0 Å². The fourth-order valence-corrected chi connectivity index (χ4v) is 9.07. The molecule has 3 aromatic heterocycles. The summed E-state index contributed by atoms with van der Waals surface area (Å²) in [6, 6.07) is 79.5. The van der Waals surface area contributed by atoms with Gasteiger partial charge in [-0.05, 0) is 76.9 Å². The molecule has 9 aromatic carbocycles. The van der Waals surface area contributed by atoms with E-state index in [9.17, 15) is 0 Å². The molecule has 0 spiro atoms. The van der Waals surface area contributed by atoms with Gasteiger partial charge in [0.15, 0.2) is 17.5 Å². The van der Waals surface area contributed by atoms with E-state index in [-0.39, 0.29) is 0 Å². The highest BCUT2D eigenvalue weighted by atomic mass is 15.1. The van der Waals surface area contributed by atoms with Crippen molar-refractivity contribution in [2.24, 2.45) is 0 Å². The van der Waals surface area contributed by atoms with Gasteiger partial charge in [-0.3, -0.25) is 0 Å². The van der Waals surface area contributed by atoms with Crippen LogP contribution in [0.4, 0.5) is 0 Å². The first-order valence-electron chi connectivity index (χ1n) is 20.9. The number of rotatable bonds is 7. The van der Waals surface area contributed by atoms with Gasteiger partial charge in [0.25, 0.3) is 0 Å². The average Bonchev–Trinajstić information content (AvgIpc) is 3.88. The molecule has 0 aliphatic heterocycles. The second-order valence-electron chi connectivity index (χ2n) is 15.6. The van der Waals surface area contributed by atoms with E-state index in [0.717, 1.165) is 50.1 Å². The highest BCUT2D eigenvalue weighted by Gasteiger charge is 2.22. The first-order valence-corrected chi connectivity index (χ1v) is 20.9. The molecular formula is C57H37N5. The Balaban J connectivity index is 1.10. The molecule has 0 amide bonds. The second kappa shape index (κ2) is 14.7. The first-order chi connectivity index (χ1) is 30.7. The largest absolute Gasteiger partial charge is 0.307 e. The Morgan fingerprint density at radius 1 is 0.242 bits per heavy atom. The van der Waals surface area contributed by atoms with E-state index in [4.69, 9.17) is 15.0 Å². The molecule has 0 aliphatic carbocycles. The van der Waals surface area contributed by atoms with Gasteiger partial charge in [-0.15, -0.1) is 0 Å². The van der Waals surface area contributed by atoms with E-state index in [0.29, 0.717) is 17.5 Å². The highest BCUT2D eigenvalue weighted by molar-refractivity contribution is 6.23. The summed E-state index contributed by atoms with van der Waals surface area (Å²) in [4.78, 5) is 15.0. The van der Waals surface area contributed by atoms with Gasteiger partial charge in [0.2, 0.25) is 0 Å². The summed E-state index contributed by atoms with van der Waals surface area (Å²) in [6.45, 7) is 0. The number of aromatic nitrogens is 5. The molecule has 0 aliphatic rings. The van der Waals surface area contributed by atoms with Gasteiger partial charge in [0, 0.05) is 49.6 Å². The number of nitrogens with zero attached hydrogens (tertiary/aromatic N) is 5. The lowest BCUT2D eigenvalue weighted by molar-refractivity contribution is 1.07. The molecule has 0 radical (unpaired) electrons. The van der Waals surface area contributed by atoms with Crippen molar-refractivity contribution in [3.8, 4) is 67.8 Å². The molecular weight excluding hydrogens is 755 g/mol. The molecule has 3 heterocycles. The van der Waals surface area contributed by atoms with E-state index >= 15 is 0 Å². The SMILES string of the molecule is c1ccc(-c2cc(-c3ccccc3)cc(-n3c4ccccc4c4ccc5c6ccccc6n(-c6ccc(-c7nc(-c8ccccc8)nc(-c8ccccc8)n7)cc6)c5c43)c2)cc1. The predicted molar refractivity (Wildman–Crippen MR) is 256 cm³/mol. The summed E-state index contributed by atoms with van der Waals surface area (Å²) in [6.07, 6.45) is 0. The number of fused-ring (bicyclic) bond motifs is 7. The van der Waals surface area contributed by atoms with Crippen LogP contribution in [0.1, 0.15) is 0 Å². The third-order valence-electron chi connectivity index (χ3n) is 11.9. The molecule has 12 aromatic rings. The third-order valence-corrected chi connectivity index (χ3v) is 11.9. The van der Waals surface area contributed by atoms with Crippen LogP contribution < -0.4 is 0 Å². The van der Waals surface area contributed by atoms with Crippen LogP contribution in [0.3, 0.4) is 0 Å². The van der Waals surface area contributed by atoms with Crippen LogP contribution in [0.25, 0.3) is 111 Å². The fraction of sp³-hybridized carbons (Fsp3) is 0. The normalized spacial score (nSPS) is 11.5. The molecule has 0 saturated carbocycles. The van der Waals surface area contributed by atoms with Crippen LogP contribution in [0, 0.1) is 0 Å². The van der Waals surface area contributed by atoms with Gasteiger partial charge in [0.05, 0.1) is 22.1 Å². The van der Waals surface area contributed by atoms with E-state index in [1.807, 2.05) is 60.7 Å². The van der Waals surface area contributed by atoms with Gasteiger partial charge in [-0.25, -0.2) is 15.0 Å². The highest BCUT2D eigenvalue weighted by Crippen LogP contribution is 2.43. The van der Waals surface area contributed by atoms with Gasteiger partial charge in [-0.1, -0.05) is 170 Å². The fourth-order valence-electron chi connectivity index (χ4n) is 9.07. The van der Waals surface area contributed by atoms with Crippen LogP contribution >= 0.6 is 0 Å². The monoisotopic (exact) mass is 791 g/mol.